The number of anilines is 2. The van der Waals surface area contributed by atoms with Crippen LogP contribution in [0, 0.1) is 0 Å². The lowest BCUT2D eigenvalue weighted by atomic mass is 9.99. The lowest BCUT2D eigenvalue weighted by Crippen LogP contribution is -2.20. The standard InChI is InChI=1S/C23H15Cl2F3N4O2/c24-18-8-6-14(11-19(18)25)30-22(34)29-13-5-7-15-16(10-13)21(33)32-31-20(15)9-12-3-1-2-4-17(12)23(26,27)28/h1-8,10-11H,9H2,(H,32,33)(H2,29,30,34). The van der Waals surface area contributed by atoms with Crippen LogP contribution in [0.15, 0.2) is 65.5 Å². The molecule has 6 nitrogen and oxygen atoms in total. The summed E-state index contributed by atoms with van der Waals surface area (Å²) in [6.45, 7) is 0. The first-order chi connectivity index (χ1) is 16.1. The molecule has 174 valence electrons. The second-order valence-electron chi connectivity index (χ2n) is 7.30. The van der Waals surface area contributed by atoms with Gasteiger partial charge in [0.2, 0.25) is 0 Å². The Labute approximate surface area is 200 Å². The fourth-order valence-electron chi connectivity index (χ4n) is 3.43. The highest BCUT2D eigenvalue weighted by molar-refractivity contribution is 6.42. The van der Waals surface area contributed by atoms with Gasteiger partial charge in [-0.2, -0.15) is 18.3 Å². The van der Waals surface area contributed by atoms with E-state index in [0.717, 1.165) is 6.07 Å². The number of urea groups is 1. The van der Waals surface area contributed by atoms with Crippen LogP contribution in [0.25, 0.3) is 10.8 Å². The molecule has 3 N–H and O–H groups in total. The minimum atomic E-state index is -4.52. The summed E-state index contributed by atoms with van der Waals surface area (Å²) >= 11 is 11.8. The van der Waals surface area contributed by atoms with Crippen molar-refractivity contribution >= 4 is 51.4 Å². The number of aromatic nitrogens is 2. The zero-order chi connectivity index (χ0) is 24.5. The number of carbonyl (C=O) groups excluding carboxylic acids is 1. The fourth-order valence-corrected chi connectivity index (χ4v) is 3.73. The van der Waals surface area contributed by atoms with E-state index in [9.17, 15) is 22.8 Å². The van der Waals surface area contributed by atoms with Gasteiger partial charge in [0.05, 0.1) is 26.7 Å². The van der Waals surface area contributed by atoms with Crippen molar-refractivity contribution in [3.05, 3.63) is 97.9 Å². The van der Waals surface area contributed by atoms with Gasteiger partial charge < -0.3 is 10.6 Å². The molecular formula is C23H15Cl2F3N4O2. The van der Waals surface area contributed by atoms with Gasteiger partial charge in [-0.1, -0.05) is 47.5 Å². The Morgan fingerprint density at radius 1 is 0.912 bits per heavy atom. The molecule has 0 aliphatic heterocycles. The van der Waals surface area contributed by atoms with Gasteiger partial charge in [0.1, 0.15) is 0 Å². The van der Waals surface area contributed by atoms with Gasteiger partial charge in [-0.15, -0.1) is 0 Å². The largest absolute Gasteiger partial charge is 0.416 e. The Morgan fingerprint density at radius 2 is 1.59 bits per heavy atom. The van der Waals surface area contributed by atoms with Gasteiger partial charge >= 0.3 is 12.2 Å². The molecule has 0 aliphatic carbocycles. The van der Waals surface area contributed by atoms with Crippen LogP contribution in [-0.2, 0) is 12.6 Å². The lowest BCUT2D eigenvalue weighted by molar-refractivity contribution is -0.138. The zero-order valence-electron chi connectivity index (χ0n) is 17.1. The summed E-state index contributed by atoms with van der Waals surface area (Å²) in [7, 11) is 0. The summed E-state index contributed by atoms with van der Waals surface area (Å²) in [5.41, 5.74) is -0.328. The number of aromatic amines is 1. The molecule has 0 aliphatic rings. The molecule has 2 amide bonds. The number of nitrogens with zero attached hydrogens (tertiary/aromatic N) is 1. The Kier molecular flexibility index (Phi) is 6.49. The van der Waals surface area contributed by atoms with Gasteiger partial charge in [0.15, 0.2) is 0 Å². The third-order valence-electron chi connectivity index (χ3n) is 4.98. The normalized spacial score (nSPS) is 11.4. The molecule has 0 atom stereocenters. The number of hydrogen-bond donors (Lipinski definition) is 3. The van der Waals surface area contributed by atoms with E-state index in [1.54, 1.807) is 6.07 Å². The van der Waals surface area contributed by atoms with Gasteiger partial charge in [-0.3, -0.25) is 4.79 Å². The summed E-state index contributed by atoms with van der Waals surface area (Å²) in [6, 6.07) is 13.6. The number of H-pyrrole nitrogens is 1. The number of hydrogen-bond acceptors (Lipinski definition) is 3. The number of nitrogens with one attached hydrogen (secondary N) is 3. The number of fused-ring (bicyclic) bond motifs is 1. The molecule has 4 rings (SSSR count). The highest BCUT2D eigenvalue weighted by atomic mass is 35.5. The highest BCUT2D eigenvalue weighted by Crippen LogP contribution is 2.33. The van der Waals surface area contributed by atoms with Crippen LogP contribution in [0.1, 0.15) is 16.8 Å². The molecule has 0 fully saturated rings. The minimum Gasteiger partial charge on any atom is -0.308 e. The first-order valence-electron chi connectivity index (χ1n) is 9.81. The highest BCUT2D eigenvalue weighted by Gasteiger charge is 2.33. The molecule has 0 spiro atoms. The van der Waals surface area contributed by atoms with Crippen LogP contribution < -0.4 is 16.2 Å². The maximum atomic E-state index is 13.4. The maximum Gasteiger partial charge on any atom is 0.416 e. The predicted molar refractivity (Wildman–Crippen MR) is 126 cm³/mol. The van der Waals surface area contributed by atoms with Gasteiger partial charge in [-0.25, -0.2) is 9.89 Å². The Morgan fingerprint density at radius 3 is 2.29 bits per heavy atom. The first-order valence-corrected chi connectivity index (χ1v) is 10.6. The number of benzene rings is 3. The van der Waals surface area contributed by atoms with Crippen LogP contribution in [-0.4, -0.2) is 16.2 Å². The van der Waals surface area contributed by atoms with E-state index < -0.39 is 23.3 Å². The second kappa shape index (κ2) is 9.36. The van der Waals surface area contributed by atoms with Crippen molar-refractivity contribution in [3.8, 4) is 0 Å². The number of carbonyl (C=O) groups is 1. The topological polar surface area (TPSA) is 86.9 Å². The van der Waals surface area contributed by atoms with Crippen molar-refractivity contribution in [3.63, 3.8) is 0 Å². The fraction of sp³-hybridized carbons (Fsp3) is 0.0870. The monoisotopic (exact) mass is 506 g/mol. The number of alkyl halides is 3. The van der Waals surface area contributed by atoms with Crippen LogP contribution in [0.2, 0.25) is 10.0 Å². The van der Waals surface area contributed by atoms with E-state index in [1.165, 1.54) is 48.5 Å². The van der Waals surface area contributed by atoms with Crippen molar-refractivity contribution in [1.82, 2.24) is 10.2 Å². The Balaban J connectivity index is 1.60. The van der Waals surface area contributed by atoms with Gasteiger partial charge in [0.25, 0.3) is 5.56 Å². The summed E-state index contributed by atoms with van der Waals surface area (Å²) in [5.74, 6) is 0. The molecule has 0 radical (unpaired) electrons. The predicted octanol–water partition coefficient (Wildman–Crippen LogP) is 6.48. The third-order valence-corrected chi connectivity index (χ3v) is 5.72. The second-order valence-corrected chi connectivity index (χ2v) is 8.11. The molecule has 0 saturated heterocycles. The molecule has 0 saturated carbocycles. The van der Waals surface area contributed by atoms with Crippen LogP contribution in [0.3, 0.4) is 0 Å². The van der Waals surface area contributed by atoms with Gasteiger partial charge in [0, 0.05) is 23.2 Å². The molecule has 0 unspecified atom stereocenters. The van der Waals surface area contributed by atoms with Crippen molar-refractivity contribution < 1.29 is 18.0 Å². The Bertz CT molecular complexity index is 1450. The van der Waals surface area contributed by atoms with Crippen LogP contribution >= 0.6 is 23.2 Å². The van der Waals surface area contributed by atoms with E-state index in [0.29, 0.717) is 21.8 Å². The zero-order valence-corrected chi connectivity index (χ0v) is 18.6. The summed E-state index contributed by atoms with van der Waals surface area (Å²) in [5, 5.41) is 12.6. The SMILES string of the molecule is O=C(Nc1ccc(Cl)c(Cl)c1)Nc1ccc2c(Cc3ccccc3C(F)(F)F)n[nH]c(=O)c2c1. The van der Waals surface area contributed by atoms with Crippen molar-refractivity contribution in [1.29, 1.82) is 0 Å². The van der Waals surface area contributed by atoms with Crippen LogP contribution in [0.5, 0.6) is 0 Å². The van der Waals surface area contributed by atoms with E-state index in [2.05, 4.69) is 20.8 Å². The maximum absolute atomic E-state index is 13.4. The average Bonchev–Trinajstić information content (AvgIpc) is 2.78. The van der Waals surface area contributed by atoms with E-state index >= 15 is 0 Å². The molecule has 11 heteroatoms. The molecule has 34 heavy (non-hydrogen) atoms. The van der Waals surface area contributed by atoms with E-state index in [1.807, 2.05) is 0 Å². The minimum absolute atomic E-state index is 0.0269. The van der Waals surface area contributed by atoms with Gasteiger partial charge in [-0.05, 0) is 42.0 Å². The average molecular weight is 507 g/mol. The number of amides is 2. The van der Waals surface area contributed by atoms with Crippen molar-refractivity contribution in [2.45, 2.75) is 12.6 Å². The molecule has 4 aromatic rings. The summed E-state index contributed by atoms with van der Waals surface area (Å²) in [6.07, 6.45) is -4.67. The molecule has 1 heterocycles. The first kappa shape index (κ1) is 23.6. The summed E-state index contributed by atoms with van der Waals surface area (Å²) in [4.78, 5) is 24.7. The number of halogens is 5. The van der Waals surface area contributed by atoms with Crippen LogP contribution in [0.4, 0.5) is 29.3 Å². The quantitative estimate of drug-likeness (QED) is 0.296. The Hall–Kier alpha value is -3.56. The third kappa shape index (κ3) is 5.16. The van der Waals surface area contributed by atoms with Crippen molar-refractivity contribution in [2.75, 3.05) is 10.6 Å². The lowest BCUT2D eigenvalue weighted by Gasteiger charge is -2.13. The molecule has 1 aromatic heterocycles. The summed E-state index contributed by atoms with van der Waals surface area (Å²) < 4.78 is 40.1. The molecule has 3 aromatic carbocycles. The number of rotatable bonds is 4. The van der Waals surface area contributed by atoms with Crippen molar-refractivity contribution in [2.24, 2.45) is 0 Å². The van der Waals surface area contributed by atoms with E-state index in [4.69, 9.17) is 23.2 Å². The van der Waals surface area contributed by atoms with E-state index in [-0.39, 0.29) is 28.1 Å². The molecule has 0 bridgehead atoms. The smallest absolute Gasteiger partial charge is 0.308 e. The molecular weight excluding hydrogens is 492 g/mol.